The van der Waals surface area contributed by atoms with E-state index in [1.165, 1.54) is 7.11 Å². The second-order valence-corrected chi connectivity index (χ2v) is 5.25. The first kappa shape index (κ1) is 14.4. The number of carbonyl (C=O) groups excluding carboxylic acids is 1. The third-order valence-electron chi connectivity index (χ3n) is 2.29. The van der Waals surface area contributed by atoms with Crippen molar-refractivity contribution in [2.45, 2.75) is 12.5 Å². The third-order valence-corrected chi connectivity index (χ3v) is 3.35. The van der Waals surface area contributed by atoms with Crippen molar-refractivity contribution in [1.29, 1.82) is 0 Å². The predicted molar refractivity (Wildman–Crippen MR) is 68.2 cm³/mol. The van der Waals surface area contributed by atoms with Crippen molar-refractivity contribution in [1.82, 2.24) is 4.72 Å². The number of benzene rings is 1. The number of carbonyl (C=O) groups is 1. The van der Waals surface area contributed by atoms with E-state index in [0.29, 0.717) is 0 Å². The molecule has 0 spiro atoms. The molecule has 0 fully saturated rings. The lowest BCUT2D eigenvalue weighted by Gasteiger charge is -2.15. The zero-order chi connectivity index (χ0) is 13.6. The summed E-state index contributed by atoms with van der Waals surface area (Å²) in [6.45, 7) is 3.18. The van der Waals surface area contributed by atoms with Gasteiger partial charge in [0.25, 0.3) is 0 Å². The molecule has 0 amide bonds. The second kappa shape index (κ2) is 6.32. The van der Waals surface area contributed by atoms with Gasteiger partial charge >= 0.3 is 5.97 Å². The molecule has 0 radical (unpaired) electrons. The van der Waals surface area contributed by atoms with E-state index in [0.717, 1.165) is 11.0 Å². The lowest BCUT2D eigenvalue weighted by Crippen LogP contribution is -2.42. The second-order valence-electron chi connectivity index (χ2n) is 3.59. The van der Waals surface area contributed by atoms with E-state index in [1.807, 2.05) is 18.2 Å². The van der Waals surface area contributed by atoms with E-state index in [9.17, 15) is 13.2 Å². The summed E-state index contributed by atoms with van der Waals surface area (Å²) in [5.74, 6) is -0.635. The summed E-state index contributed by atoms with van der Waals surface area (Å²) in [5.41, 5.74) is 0.833. The first-order valence-corrected chi connectivity index (χ1v) is 6.79. The van der Waals surface area contributed by atoms with Gasteiger partial charge in [0.15, 0.2) is 0 Å². The molecule has 0 saturated carbocycles. The molecule has 1 N–H and O–H groups in total. The smallest absolute Gasteiger partial charge is 0.324 e. The van der Waals surface area contributed by atoms with E-state index in [2.05, 4.69) is 16.0 Å². The molecule has 5 nitrogen and oxygen atoms in total. The molecule has 0 saturated heterocycles. The zero-order valence-electron chi connectivity index (χ0n) is 10.00. The number of rotatable bonds is 6. The molecule has 0 bridgehead atoms. The summed E-state index contributed by atoms with van der Waals surface area (Å²) in [7, 11) is -2.47. The van der Waals surface area contributed by atoms with Gasteiger partial charge in [0.1, 0.15) is 6.04 Å². The standard InChI is InChI=1S/C12H15NO4S/c1-3-18(15,16)13-11(12(14)17-2)9-10-7-5-4-6-8-10/h3-8,11,13H,1,9H2,2H3/t11-/m1/s1. The topological polar surface area (TPSA) is 72.5 Å². The van der Waals surface area contributed by atoms with Gasteiger partial charge < -0.3 is 4.74 Å². The molecule has 0 aliphatic carbocycles. The van der Waals surface area contributed by atoms with Crippen LogP contribution in [0.2, 0.25) is 0 Å². The van der Waals surface area contributed by atoms with Crippen LogP contribution in [0.25, 0.3) is 0 Å². The van der Waals surface area contributed by atoms with Crippen molar-refractivity contribution in [2.24, 2.45) is 0 Å². The van der Waals surface area contributed by atoms with E-state index >= 15 is 0 Å². The summed E-state index contributed by atoms with van der Waals surface area (Å²) in [4.78, 5) is 11.5. The Balaban J connectivity index is 2.86. The average molecular weight is 269 g/mol. The van der Waals surface area contributed by atoms with Crippen LogP contribution in [0.5, 0.6) is 0 Å². The minimum absolute atomic E-state index is 0.223. The highest BCUT2D eigenvalue weighted by molar-refractivity contribution is 7.92. The largest absolute Gasteiger partial charge is 0.468 e. The minimum Gasteiger partial charge on any atom is -0.468 e. The lowest BCUT2D eigenvalue weighted by molar-refractivity contribution is -0.142. The fourth-order valence-electron chi connectivity index (χ4n) is 1.41. The Morgan fingerprint density at radius 3 is 2.56 bits per heavy atom. The van der Waals surface area contributed by atoms with Crippen LogP contribution in [0, 0.1) is 0 Å². The normalized spacial score (nSPS) is 12.7. The molecule has 1 aromatic rings. The minimum atomic E-state index is -3.68. The van der Waals surface area contributed by atoms with Gasteiger partial charge in [0, 0.05) is 5.41 Å². The first-order valence-electron chi connectivity index (χ1n) is 5.25. The number of ether oxygens (including phenoxy) is 1. The Hall–Kier alpha value is -1.66. The fourth-order valence-corrected chi connectivity index (χ4v) is 2.08. The molecular weight excluding hydrogens is 254 g/mol. The van der Waals surface area contributed by atoms with Crippen molar-refractivity contribution in [3.05, 3.63) is 47.9 Å². The molecule has 0 heterocycles. The SMILES string of the molecule is C=CS(=O)(=O)N[C@H](Cc1ccccc1)C(=O)OC. The Morgan fingerprint density at radius 1 is 1.44 bits per heavy atom. The third kappa shape index (κ3) is 4.31. The first-order chi connectivity index (χ1) is 8.48. The molecule has 0 aliphatic rings. The number of methoxy groups -OCH3 is 1. The maximum absolute atomic E-state index is 11.5. The van der Waals surface area contributed by atoms with E-state index in [4.69, 9.17) is 0 Å². The van der Waals surface area contributed by atoms with Gasteiger partial charge in [-0.15, -0.1) is 0 Å². The van der Waals surface area contributed by atoms with Gasteiger partial charge in [-0.25, -0.2) is 8.42 Å². The van der Waals surface area contributed by atoms with Crippen LogP contribution in [0.3, 0.4) is 0 Å². The maximum atomic E-state index is 11.5. The molecule has 6 heteroatoms. The molecule has 0 aromatic heterocycles. The van der Waals surface area contributed by atoms with Gasteiger partial charge in [0.2, 0.25) is 10.0 Å². The van der Waals surface area contributed by atoms with Gasteiger partial charge in [-0.1, -0.05) is 36.9 Å². The number of hydrogen-bond donors (Lipinski definition) is 1. The lowest BCUT2D eigenvalue weighted by atomic mass is 10.1. The zero-order valence-corrected chi connectivity index (χ0v) is 10.8. The van der Waals surface area contributed by atoms with Crippen LogP contribution in [-0.4, -0.2) is 27.5 Å². The quantitative estimate of drug-likeness (QED) is 0.776. The van der Waals surface area contributed by atoms with Crippen LogP contribution in [0.15, 0.2) is 42.3 Å². The van der Waals surface area contributed by atoms with Crippen LogP contribution < -0.4 is 4.72 Å². The Labute approximate surface area is 107 Å². The van der Waals surface area contributed by atoms with E-state index in [1.54, 1.807) is 12.1 Å². The summed E-state index contributed by atoms with van der Waals surface area (Å²) in [5, 5.41) is 0.758. The summed E-state index contributed by atoms with van der Waals surface area (Å²) in [6, 6.07) is 8.11. The van der Waals surface area contributed by atoms with Crippen LogP contribution in [-0.2, 0) is 26.0 Å². The summed E-state index contributed by atoms with van der Waals surface area (Å²) < 4.78 is 29.6. The highest BCUT2D eigenvalue weighted by Gasteiger charge is 2.23. The molecule has 1 rings (SSSR count). The highest BCUT2D eigenvalue weighted by atomic mass is 32.2. The predicted octanol–water partition coefficient (Wildman–Crippen LogP) is 0.834. The number of esters is 1. The van der Waals surface area contributed by atoms with E-state index < -0.39 is 22.0 Å². The average Bonchev–Trinajstić information content (AvgIpc) is 2.38. The maximum Gasteiger partial charge on any atom is 0.324 e. The molecular formula is C12H15NO4S. The van der Waals surface area contributed by atoms with Gasteiger partial charge in [-0.3, -0.25) is 4.79 Å². The van der Waals surface area contributed by atoms with E-state index in [-0.39, 0.29) is 6.42 Å². The van der Waals surface area contributed by atoms with Gasteiger partial charge in [-0.05, 0) is 12.0 Å². The van der Waals surface area contributed by atoms with Crippen molar-refractivity contribution < 1.29 is 17.9 Å². The Kier molecular flexibility index (Phi) is 5.06. The van der Waals surface area contributed by atoms with Crippen molar-refractivity contribution in [3.8, 4) is 0 Å². The molecule has 1 atom stereocenters. The molecule has 0 aliphatic heterocycles. The number of hydrogen-bond acceptors (Lipinski definition) is 4. The monoisotopic (exact) mass is 269 g/mol. The van der Waals surface area contributed by atoms with Crippen molar-refractivity contribution in [3.63, 3.8) is 0 Å². The van der Waals surface area contributed by atoms with Crippen molar-refractivity contribution in [2.75, 3.05) is 7.11 Å². The fraction of sp³-hybridized carbons (Fsp3) is 0.250. The van der Waals surface area contributed by atoms with Gasteiger partial charge in [-0.2, -0.15) is 4.72 Å². The molecule has 18 heavy (non-hydrogen) atoms. The van der Waals surface area contributed by atoms with Gasteiger partial charge in [0.05, 0.1) is 7.11 Å². The van der Waals surface area contributed by atoms with Crippen LogP contribution in [0.4, 0.5) is 0 Å². The van der Waals surface area contributed by atoms with Crippen LogP contribution >= 0.6 is 0 Å². The number of sulfonamides is 1. The molecule has 0 unspecified atom stereocenters. The summed E-state index contributed by atoms with van der Waals surface area (Å²) in [6.07, 6.45) is 0.223. The van der Waals surface area contributed by atoms with Crippen LogP contribution in [0.1, 0.15) is 5.56 Å². The highest BCUT2D eigenvalue weighted by Crippen LogP contribution is 2.06. The Bertz CT molecular complexity index is 510. The summed E-state index contributed by atoms with van der Waals surface area (Å²) >= 11 is 0. The number of nitrogens with one attached hydrogen (secondary N) is 1. The van der Waals surface area contributed by atoms with Crippen molar-refractivity contribution >= 4 is 16.0 Å². The molecule has 1 aromatic carbocycles. The Morgan fingerprint density at radius 2 is 2.06 bits per heavy atom. The molecule has 98 valence electrons.